The lowest BCUT2D eigenvalue weighted by atomic mass is 10.4. The Balaban J connectivity index is 2.12. The molecule has 0 bridgehead atoms. The Morgan fingerprint density at radius 1 is 1.39 bits per heavy atom. The van der Waals surface area contributed by atoms with E-state index in [-0.39, 0.29) is 0 Å². The van der Waals surface area contributed by atoms with Crippen molar-refractivity contribution >= 4 is 11.5 Å². The van der Waals surface area contributed by atoms with Crippen LogP contribution in [0.2, 0.25) is 0 Å². The number of aromatic nitrogens is 4. The van der Waals surface area contributed by atoms with Crippen molar-refractivity contribution in [3.05, 3.63) is 17.4 Å². The summed E-state index contributed by atoms with van der Waals surface area (Å²) in [7, 11) is 0. The average Bonchev–Trinajstić information content (AvgIpc) is 2.84. The summed E-state index contributed by atoms with van der Waals surface area (Å²) in [6.45, 7) is 7.04. The summed E-state index contributed by atoms with van der Waals surface area (Å²) in [6, 6.07) is 0. The van der Waals surface area contributed by atoms with E-state index in [9.17, 15) is 0 Å². The van der Waals surface area contributed by atoms with E-state index in [0.717, 1.165) is 24.5 Å². The van der Waals surface area contributed by atoms with Crippen molar-refractivity contribution in [2.24, 2.45) is 0 Å². The van der Waals surface area contributed by atoms with Crippen molar-refractivity contribution in [3.8, 4) is 0 Å². The molecule has 0 spiro atoms. The van der Waals surface area contributed by atoms with Gasteiger partial charge in [-0.05, 0) is 13.3 Å². The zero-order valence-corrected chi connectivity index (χ0v) is 10.9. The largest absolute Gasteiger partial charge is 0.394 e. The number of nitrogens with one attached hydrogen (secondary N) is 1. The third kappa shape index (κ3) is 2.44. The summed E-state index contributed by atoms with van der Waals surface area (Å²) in [5, 5.41) is 11.4. The second-order valence-electron chi connectivity index (χ2n) is 4.15. The van der Waals surface area contributed by atoms with E-state index in [1.165, 1.54) is 0 Å². The van der Waals surface area contributed by atoms with Crippen LogP contribution < -0.4 is 11.1 Å². The zero-order chi connectivity index (χ0) is 13.1. The van der Waals surface area contributed by atoms with Gasteiger partial charge >= 0.3 is 0 Å². The van der Waals surface area contributed by atoms with Crippen LogP contribution in [0, 0.1) is 13.8 Å². The molecular weight excluding hydrogens is 232 g/mol. The maximum Gasteiger partial charge on any atom is 0.223 e. The van der Waals surface area contributed by atoms with Crippen LogP contribution in [-0.4, -0.2) is 19.9 Å². The van der Waals surface area contributed by atoms with Gasteiger partial charge in [-0.25, -0.2) is 4.68 Å². The molecule has 0 unspecified atom stereocenters. The molecule has 0 aromatic carbocycles. The molecule has 0 saturated carbocycles. The van der Waals surface area contributed by atoms with Gasteiger partial charge in [0.15, 0.2) is 5.82 Å². The number of hydrogen-bond acceptors (Lipinski definition) is 6. The molecule has 2 aromatic rings. The average molecular weight is 250 g/mol. The van der Waals surface area contributed by atoms with E-state index >= 15 is 0 Å². The van der Waals surface area contributed by atoms with Crippen LogP contribution in [0.5, 0.6) is 0 Å². The normalized spacial score (nSPS) is 10.8. The fraction of sp³-hybridized carbons (Fsp3) is 0.545. The van der Waals surface area contributed by atoms with E-state index < -0.39 is 0 Å². The predicted molar refractivity (Wildman–Crippen MR) is 68.0 cm³/mol. The van der Waals surface area contributed by atoms with Gasteiger partial charge in [-0.3, -0.25) is 0 Å². The Bertz CT molecular complexity index is 530. The van der Waals surface area contributed by atoms with E-state index in [1.807, 2.05) is 11.6 Å². The van der Waals surface area contributed by atoms with Gasteiger partial charge in [0.25, 0.3) is 0 Å². The van der Waals surface area contributed by atoms with Crippen LogP contribution in [0.3, 0.4) is 0 Å². The first-order valence-corrected chi connectivity index (χ1v) is 5.97. The lowest BCUT2D eigenvalue weighted by molar-refractivity contribution is 0.388. The fourth-order valence-electron chi connectivity index (χ4n) is 1.73. The molecule has 0 fully saturated rings. The van der Waals surface area contributed by atoms with Crippen molar-refractivity contribution in [3.63, 3.8) is 0 Å². The molecule has 2 rings (SSSR count). The van der Waals surface area contributed by atoms with Crippen molar-refractivity contribution in [2.75, 3.05) is 11.1 Å². The molecule has 0 saturated heterocycles. The SMILES string of the molecule is CCCn1nc(C)c(N)c1NCc1noc(C)n1. The van der Waals surface area contributed by atoms with Gasteiger partial charge in [0.2, 0.25) is 5.89 Å². The Morgan fingerprint density at radius 3 is 2.78 bits per heavy atom. The van der Waals surface area contributed by atoms with Crippen LogP contribution >= 0.6 is 0 Å². The minimum Gasteiger partial charge on any atom is -0.394 e. The summed E-state index contributed by atoms with van der Waals surface area (Å²) >= 11 is 0. The number of anilines is 2. The number of rotatable bonds is 5. The number of nitrogens with two attached hydrogens (primary N) is 1. The van der Waals surface area contributed by atoms with E-state index in [1.54, 1.807) is 6.92 Å². The second kappa shape index (κ2) is 5.07. The molecular formula is C11H18N6O. The maximum absolute atomic E-state index is 5.99. The summed E-state index contributed by atoms with van der Waals surface area (Å²) in [6.07, 6.45) is 0.997. The third-order valence-electron chi connectivity index (χ3n) is 2.59. The lowest BCUT2D eigenvalue weighted by Crippen LogP contribution is -2.10. The first-order chi connectivity index (χ1) is 8.61. The molecule has 0 aliphatic heterocycles. The van der Waals surface area contributed by atoms with Crippen LogP contribution in [0.1, 0.15) is 30.8 Å². The minimum absolute atomic E-state index is 0.469. The van der Waals surface area contributed by atoms with Crippen molar-refractivity contribution in [1.82, 2.24) is 19.9 Å². The molecule has 0 amide bonds. The molecule has 7 heteroatoms. The number of nitrogen functional groups attached to an aromatic ring is 1. The molecule has 18 heavy (non-hydrogen) atoms. The Kier molecular flexibility index (Phi) is 3.50. The quantitative estimate of drug-likeness (QED) is 0.834. The Morgan fingerprint density at radius 2 is 2.17 bits per heavy atom. The molecule has 3 N–H and O–H groups in total. The Labute approximate surface area is 105 Å². The second-order valence-corrected chi connectivity index (χ2v) is 4.15. The Hall–Kier alpha value is -2.05. The van der Waals surface area contributed by atoms with Crippen LogP contribution in [0.4, 0.5) is 11.5 Å². The van der Waals surface area contributed by atoms with E-state index in [2.05, 4.69) is 27.5 Å². The smallest absolute Gasteiger partial charge is 0.223 e. The van der Waals surface area contributed by atoms with Crippen LogP contribution in [0.25, 0.3) is 0 Å². The van der Waals surface area contributed by atoms with E-state index in [4.69, 9.17) is 10.3 Å². The van der Waals surface area contributed by atoms with Gasteiger partial charge in [0.1, 0.15) is 5.82 Å². The van der Waals surface area contributed by atoms with Gasteiger partial charge in [0.05, 0.1) is 17.9 Å². The fourth-order valence-corrected chi connectivity index (χ4v) is 1.73. The first-order valence-electron chi connectivity index (χ1n) is 5.97. The molecule has 0 atom stereocenters. The summed E-state index contributed by atoms with van der Waals surface area (Å²) in [4.78, 5) is 4.13. The van der Waals surface area contributed by atoms with Gasteiger partial charge in [-0.1, -0.05) is 12.1 Å². The maximum atomic E-state index is 5.99. The molecule has 0 radical (unpaired) electrons. The van der Waals surface area contributed by atoms with Gasteiger partial charge in [0, 0.05) is 13.5 Å². The molecule has 7 nitrogen and oxygen atoms in total. The van der Waals surface area contributed by atoms with Gasteiger partial charge in [-0.2, -0.15) is 10.1 Å². The van der Waals surface area contributed by atoms with Crippen molar-refractivity contribution < 1.29 is 4.52 Å². The van der Waals surface area contributed by atoms with Gasteiger partial charge in [-0.15, -0.1) is 0 Å². The highest BCUT2D eigenvalue weighted by atomic mass is 16.5. The summed E-state index contributed by atoms with van der Waals surface area (Å²) < 4.78 is 6.78. The highest BCUT2D eigenvalue weighted by molar-refractivity contribution is 5.64. The van der Waals surface area contributed by atoms with Crippen molar-refractivity contribution in [1.29, 1.82) is 0 Å². The number of nitrogens with zero attached hydrogens (tertiary/aromatic N) is 4. The molecule has 98 valence electrons. The lowest BCUT2D eigenvalue weighted by Gasteiger charge is -2.08. The first kappa shape index (κ1) is 12.4. The minimum atomic E-state index is 0.469. The number of hydrogen-bond donors (Lipinski definition) is 2. The standard InChI is InChI=1S/C11H18N6O/c1-4-5-17-11(10(12)7(2)15-17)13-6-9-14-8(3)18-16-9/h13H,4-6,12H2,1-3H3. The van der Waals surface area contributed by atoms with E-state index in [0.29, 0.717) is 23.9 Å². The van der Waals surface area contributed by atoms with Crippen molar-refractivity contribution in [2.45, 2.75) is 40.3 Å². The summed E-state index contributed by atoms with van der Waals surface area (Å²) in [5.74, 6) is 1.98. The molecule has 0 aliphatic carbocycles. The van der Waals surface area contributed by atoms with Gasteiger partial charge < -0.3 is 15.6 Å². The zero-order valence-electron chi connectivity index (χ0n) is 10.9. The third-order valence-corrected chi connectivity index (χ3v) is 2.59. The molecule has 0 aliphatic rings. The molecule has 2 aromatic heterocycles. The predicted octanol–water partition coefficient (Wildman–Crippen LogP) is 1.49. The highest BCUT2D eigenvalue weighted by Crippen LogP contribution is 2.22. The molecule has 2 heterocycles. The monoisotopic (exact) mass is 250 g/mol. The van der Waals surface area contributed by atoms with Crippen LogP contribution in [-0.2, 0) is 13.1 Å². The highest BCUT2D eigenvalue weighted by Gasteiger charge is 2.12. The van der Waals surface area contributed by atoms with Crippen LogP contribution in [0.15, 0.2) is 4.52 Å². The topological polar surface area (TPSA) is 94.8 Å². The summed E-state index contributed by atoms with van der Waals surface area (Å²) in [5.41, 5.74) is 7.49. The number of aryl methyl sites for hydroxylation is 3.